The Bertz CT molecular complexity index is 376. The molecule has 1 fully saturated rings. The van der Waals surface area contributed by atoms with E-state index in [0.717, 1.165) is 11.8 Å². The Balaban J connectivity index is 2.27. The van der Waals surface area contributed by atoms with E-state index in [0.29, 0.717) is 18.4 Å². The van der Waals surface area contributed by atoms with Gasteiger partial charge in [0, 0.05) is 13.1 Å². The summed E-state index contributed by atoms with van der Waals surface area (Å²) < 4.78 is 0. The molecule has 2 amide bonds. The number of hydrogen-bond acceptors (Lipinski definition) is 3. The summed E-state index contributed by atoms with van der Waals surface area (Å²) in [7, 11) is 1.56. The average molecular weight is 313 g/mol. The van der Waals surface area contributed by atoms with Crippen LogP contribution in [0.5, 0.6) is 0 Å². The number of amides is 2. The summed E-state index contributed by atoms with van der Waals surface area (Å²) in [6, 6.07) is -1.06. The topological polar surface area (TPSA) is 90.5 Å². The number of likely N-dealkylation sites (N-methyl/N-ethyl adjacent to an activating group) is 1. The van der Waals surface area contributed by atoms with Crippen LogP contribution in [-0.4, -0.2) is 43.3 Å². The fourth-order valence-electron chi connectivity index (χ4n) is 3.10. The maximum atomic E-state index is 11.7. The molecule has 1 aliphatic rings. The fraction of sp³-hybridized carbons (Fsp3) is 0.875. The van der Waals surface area contributed by atoms with Crippen LogP contribution in [0.4, 0.5) is 4.79 Å². The van der Waals surface area contributed by atoms with Crippen molar-refractivity contribution in [3.8, 4) is 0 Å². The lowest BCUT2D eigenvalue weighted by molar-refractivity contribution is -0.139. The Hall–Kier alpha value is -1.30. The number of urea groups is 1. The zero-order valence-electron chi connectivity index (χ0n) is 14.2. The maximum absolute atomic E-state index is 11.7. The third kappa shape index (κ3) is 5.83. The van der Waals surface area contributed by atoms with Crippen LogP contribution in [0.3, 0.4) is 0 Å². The van der Waals surface area contributed by atoms with E-state index in [4.69, 9.17) is 5.11 Å². The van der Waals surface area contributed by atoms with E-state index in [1.54, 1.807) is 7.05 Å². The molecule has 6 heteroatoms. The molecule has 5 atom stereocenters. The first-order valence-electron chi connectivity index (χ1n) is 8.26. The maximum Gasteiger partial charge on any atom is 0.322 e. The first kappa shape index (κ1) is 18.7. The molecule has 4 N–H and O–H groups in total. The molecule has 0 aromatic heterocycles. The highest BCUT2D eigenvalue weighted by molar-refractivity contribution is 5.77. The monoisotopic (exact) mass is 313 g/mol. The largest absolute Gasteiger partial charge is 0.480 e. The number of carboxylic acid groups (broad SMARTS) is 1. The predicted molar refractivity (Wildman–Crippen MR) is 86.7 cm³/mol. The van der Waals surface area contributed by atoms with Gasteiger partial charge in [0.25, 0.3) is 0 Å². The number of hydrogen-bond donors (Lipinski definition) is 4. The molecular weight excluding hydrogens is 282 g/mol. The van der Waals surface area contributed by atoms with Crippen LogP contribution in [-0.2, 0) is 4.79 Å². The molecule has 5 unspecified atom stereocenters. The molecule has 6 nitrogen and oxygen atoms in total. The minimum Gasteiger partial charge on any atom is -0.480 e. The Morgan fingerprint density at radius 3 is 2.32 bits per heavy atom. The average Bonchev–Trinajstić information content (AvgIpc) is 2.47. The number of carbonyl (C=O) groups is 2. The van der Waals surface area contributed by atoms with Gasteiger partial charge in [0.1, 0.15) is 6.04 Å². The van der Waals surface area contributed by atoms with Gasteiger partial charge in [-0.2, -0.15) is 0 Å². The van der Waals surface area contributed by atoms with Gasteiger partial charge in [-0.15, -0.1) is 0 Å². The molecular formula is C16H31N3O3. The van der Waals surface area contributed by atoms with Gasteiger partial charge in [0.2, 0.25) is 0 Å². The normalized spacial score (nSPS) is 27.7. The molecule has 0 bridgehead atoms. The summed E-state index contributed by atoms with van der Waals surface area (Å²) in [4.78, 5) is 22.6. The van der Waals surface area contributed by atoms with Gasteiger partial charge in [-0.05, 0) is 43.6 Å². The Morgan fingerprint density at radius 1 is 1.14 bits per heavy atom. The molecule has 0 heterocycles. The molecule has 0 aromatic rings. The highest BCUT2D eigenvalue weighted by Crippen LogP contribution is 2.36. The number of aliphatic carboxylic acids is 1. The van der Waals surface area contributed by atoms with Gasteiger partial charge in [-0.25, -0.2) is 4.79 Å². The molecule has 0 saturated heterocycles. The molecule has 0 radical (unpaired) electrons. The van der Waals surface area contributed by atoms with Crippen LogP contribution in [0, 0.1) is 23.7 Å². The lowest BCUT2D eigenvalue weighted by atomic mass is 9.71. The summed E-state index contributed by atoms with van der Waals surface area (Å²) in [5, 5.41) is 17.0. The zero-order chi connectivity index (χ0) is 16.7. The van der Waals surface area contributed by atoms with Gasteiger partial charge in [0.05, 0.1) is 0 Å². The second-order valence-electron chi connectivity index (χ2n) is 6.78. The first-order valence-corrected chi connectivity index (χ1v) is 8.26. The van der Waals surface area contributed by atoms with Crippen LogP contribution >= 0.6 is 0 Å². The van der Waals surface area contributed by atoms with E-state index in [9.17, 15) is 9.59 Å². The Labute approximate surface area is 133 Å². The molecule has 1 rings (SSSR count). The van der Waals surface area contributed by atoms with Crippen LogP contribution < -0.4 is 16.0 Å². The molecule has 0 aliphatic heterocycles. The van der Waals surface area contributed by atoms with Crippen LogP contribution in [0.25, 0.3) is 0 Å². The van der Waals surface area contributed by atoms with E-state index < -0.39 is 12.0 Å². The van der Waals surface area contributed by atoms with Gasteiger partial charge in [-0.1, -0.05) is 27.2 Å². The van der Waals surface area contributed by atoms with Crippen molar-refractivity contribution in [2.75, 3.05) is 20.1 Å². The van der Waals surface area contributed by atoms with Gasteiger partial charge in [0.15, 0.2) is 0 Å². The lowest BCUT2D eigenvalue weighted by Crippen LogP contribution is -2.48. The molecule has 22 heavy (non-hydrogen) atoms. The van der Waals surface area contributed by atoms with Crippen LogP contribution in [0.15, 0.2) is 0 Å². The van der Waals surface area contributed by atoms with E-state index in [1.165, 1.54) is 19.3 Å². The Morgan fingerprint density at radius 2 is 1.77 bits per heavy atom. The van der Waals surface area contributed by atoms with Gasteiger partial charge in [-0.3, -0.25) is 4.79 Å². The summed E-state index contributed by atoms with van der Waals surface area (Å²) in [5.74, 6) is 1.69. The van der Waals surface area contributed by atoms with E-state index >= 15 is 0 Å². The van der Waals surface area contributed by atoms with Crippen molar-refractivity contribution >= 4 is 12.0 Å². The highest BCUT2D eigenvalue weighted by Gasteiger charge is 2.28. The van der Waals surface area contributed by atoms with Crippen LogP contribution in [0.1, 0.15) is 40.0 Å². The summed E-state index contributed by atoms with van der Waals surface area (Å²) >= 11 is 0. The summed E-state index contributed by atoms with van der Waals surface area (Å²) in [6.07, 6.45) is 3.73. The fourth-order valence-corrected chi connectivity index (χ4v) is 3.10. The number of carboxylic acids is 1. The summed E-state index contributed by atoms with van der Waals surface area (Å²) in [6.45, 7) is 7.52. The SMILES string of the molecule is CNC(CNC(=O)NCC(C)C1CCC(C)C(C)C1)C(=O)O. The zero-order valence-corrected chi connectivity index (χ0v) is 14.2. The van der Waals surface area contributed by atoms with Crippen molar-refractivity contribution in [3.63, 3.8) is 0 Å². The predicted octanol–water partition coefficient (Wildman–Crippen LogP) is 1.67. The number of rotatable bonds is 7. The van der Waals surface area contributed by atoms with Crippen molar-refractivity contribution in [1.29, 1.82) is 0 Å². The minimum absolute atomic E-state index is 0.0734. The van der Waals surface area contributed by atoms with Crippen molar-refractivity contribution in [2.45, 2.75) is 46.1 Å². The van der Waals surface area contributed by atoms with Gasteiger partial charge < -0.3 is 21.1 Å². The molecule has 1 aliphatic carbocycles. The molecule has 0 spiro atoms. The van der Waals surface area contributed by atoms with Gasteiger partial charge >= 0.3 is 12.0 Å². The third-order valence-corrected chi connectivity index (χ3v) is 5.14. The van der Waals surface area contributed by atoms with Crippen molar-refractivity contribution in [3.05, 3.63) is 0 Å². The number of nitrogens with one attached hydrogen (secondary N) is 3. The van der Waals surface area contributed by atoms with Crippen molar-refractivity contribution in [2.24, 2.45) is 23.7 Å². The van der Waals surface area contributed by atoms with Crippen molar-refractivity contribution < 1.29 is 14.7 Å². The van der Waals surface area contributed by atoms with E-state index in [2.05, 4.69) is 36.7 Å². The summed E-state index contributed by atoms with van der Waals surface area (Å²) in [5.41, 5.74) is 0. The van der Waals surface area contributed by atoms with Crippen LogP contribution in [0.2, 0.25) is 0 Å². The lowest BCUT2D eigenvalue weighted by Gasteiger charge is -2.35. The second-order valence-corrected chi connectivity index (χ2v) is 6.78. The third-order valence-electron chi connectivity index (χ3n) is 5.14. The van der Waals surface area contributed by atoms with Crippen molar-refractivity contribution in [1.82, 2.24) is 16.0 Å². The number of carbonyl (C=O) groups excluding carboxylic acids is 1. The molecule has 0 aromatic carbocycles. The second kappa shape index (κ2) is 8.98. The Kier molecular flexibility index (Phi) is 7.65. The first-order chi connectivity index (χ1) is 10.3. The van der Waals surface area contributed by atoms with E-state index in [-0.39, 0.29) is 12.6 Å². The quantitative estimate of drug-likeness (QED) is 0.575. The van der Waals surface area contributed by atoms with E-state index in [1.807, 2.05) is 0 Å². The molecule has 128 valence electrons. The highest BCUT2D eigenvalue weighted by atomic mass is 16.4. The minimum atomic E-state index is -0.971. The molecule has 1 saturated carbocycles. The smallest absolute Gasteiger partial charge is 0.322 e. The standard InChI is InChI=1S/C16H31N3O3/c1-10-5-6-13(7-11(10)2)12(3)8-18-16(22)19-9-14(17-4)15(20)21/h10-14,17H,5-9H2,1-4H3,(H,20,21)(H2,18,19,22).